The molecule has 0 bridgehead atoms. The van der Waals surface area contributed by atoms with Gasteiger partial charge in [0.05, 0.1) is 17.4 Å². The molecule has 0 saturated carbocycles. The summed E-state index contributed by atoms with van der Waals surface area (Å²) >= 11 is 0. The van der Waals surface area contributed by atoms with E-state index in [9.17, 15) is 18.3 Å². The summed E-state index contributed by atoms with van der Waals surface area (Å²) < 4.78 is 37.7. The van der Waals surface area contributed by atoms with Crippen LogP contribution in [0.15, 0.2) is 42.6 Å². The van der Waals surface area contributed by atoms with Gasteiger partial charge < -0.3 is 5.11 Å². The van der Waals surface area contributed by atoms with E-state index in [1.807, 2.05) is 20.8 Å². The third-order valence-corrected chi connectivity index (χ3v) is 3.48. The Hall–Kier alpha value is -1.88. The van der Waals surface area contributed by atoms with Gasteiger partial charge in [0.25, 0.3) is 0 Å². The lowest BCUT2D eigenvalue weighted by Gasteiger charge is -2.22. The van der Waals surface area contributed by atoms with Crippen molar-refractivity contribution in [1.82, 2.24) is 4.98 Å². The van der Waals surface area contributed by atoms with Gasteiger partial charge in [-0.3, -0.25) is 4.98 Å². The van der Waals surface area contributed by atoms with Crippen molar-refractivity contribution in [3.8, 4) is 11.3 Å². The van der Waals surface area contributed by atoms with Crippen molar-refractivity contribution in [3.05, 3.63) is 53.7 Å². The summed E-state index contributed by atoms with van der Waals surface area (Å²) in [6, 6.07) is 8.35. The van der Waals surface area contributed by atoms with Crippen LogP contribution in [-0.4, -0.2) is 10.1 Å². The molecule has 124 valence electrons. The first-order valence-corrected chi connectivity index (χ1v) is 7.38. The van der Waals surface area contributed by atoms with E-state index in [0.717, 1.165) is 12.1 Å². The monoisotopic (exact) mass is 323 g/mol. The molecular formula is C18H20F3NO. The lowest BCUT2D eigenvalue weighted by molar-refractivity contribution is -0.137. The molecule has 5 heteroatoms. The molecule has 0 radical (unpaired) electrons. The maximum Gasteiger partial charge on any atom is 0.416 e. The molecule has 2 rings (SSSR count). The molecule has 1 aromatic heterocycles. The second kappa shape index (κ2) is 6.32. The molecule has 0 fully saturated rings. The van der Waals surface area contributed by atoms with Crippen molar-refractivity contribution >= 4 is 0 Å². The minimum Gasteiger partial charge on any atom is -0.388 e. The summed E-state index contributed by atoms with van der Waals surface area (Å²) in [4.78, 5) is 4.25. The van der Waals surface area contributed by atoms with Gasteiger partial charge in [0.2, 0.25) is 0 Å². The Morgan fingerprint density at radius 3 is 2.04 bits per heavy atom. The zero-order valence-corrected chi connectivity index (χ0v) is 13.4. The van der Waals surface area contributed by atoms with Gasteiger partial charge in [-0.2, -0.15) is 13.2 Å². The second-order valence-corrected chi connectivity index (χ2v) is 6.83. The third kappa shape index (κ3) is 4.79. The van der Waals surface area contributed by atoms with E-state index in [2.05, 4.69) is 4.98 Å². The summed E-state index contributed by atoms with van der Waals surface area (Å²) in [5.41, 5.74) is 1.19. The van der Waals surface area contributed by atoms with Gasteiger partial charge in [0, 0.05) is 11.8 Å². The molecule has 0 aliphatic rings. The number of halogens is 3. The molecule has 0 aliphatic carbocycles. The molecule has 1 N–H and O–H groups in total. The van der Waals surface area contributed by atoms with Crippen molar-refractivity contribution in [2.45, 2.75) is 39.5 Å². The van der Waals surface area contributed by atoms with E-state index in [4.69, 9.17) is 0 Å². The molecule has 1 aromatic carbocycles. The number of aromatic nitrogens is 1. The number of benzene rings is 1. The number of aliphatic hydroxyl groups excluding tert-OH is 1. The molecule has 1 heterocycles. The molecule has 0 aliphatic heterocycles. The van der Waals surface area contributed by atoms with Gasteiger partial charge in [0.15, 0.2) is 0 Å². The number of nitrogens with zero attached hydrogens (tertiary/aromatic N) is 1. The van der Waals surface area contributed by atoms with Crippen LogP contribution in [0.3, 0.4) is 0 Å². The zero-order chi connectivity index (χ0) is 17.3. The summed E-state index contributed by atoms with van der Waals surface area (Å²) in [6.07, 6.45) is -2.77. The largest absolute Gasteiger partial charge is 0.416 e. The number of rotatable bonds is 3. The molecule has 1 atom stereocenters. The first-order valence-electron chi connectivity index (χ1n) is 7.38. The first-order chi connectivity index (χ1) is 10.6. The Bertz CT molecular complexity index is 640. The number of hydrogen-bond acceptors (Lipinski definition) is 2. The molecule has 2 nitrogen and oxygen atoms in total. The zero-order valence-electron chi connectivity index (χ0n) is 13.4. The standard InChI is InChI=1S/C18H20F3NO/c1-17(2,3)10-16(23)13-6-9-15(22-11-13)12-4-7-14(8-5-12)18(19,20)21/h4-9,11,16,23H,10H2,1-3H3/t16-/m1/s1. The van der Waals surface area contributed by atoms with Gasteiger partial charge in [-0.05, 0) is 35.6 Å². The van der Waals surface area contributed by atoms with Crippen molar-refractivity contribution in [3.63, 3.8) is 0 Å². The van der Waals surface area contributed by atoms with Gasteiger partial charge in [-0.1, -0.05) is 39.0 Å². The van der Waals surface area contributed by atoms with Crippen molar-refractivity contribution in [1.29, 1.82) is 0 Å². The maximum atomic E-state index is 12.6. The summed E-state index contributed by atoms with van der Waals surface area (Å²) in [6.45, 7) is 6.13. The Morgan fingerprint density at radius 2 is 1.61 bits per heavy atom. The van der Waals surface area contributed by atoms with Gasteiger partial charge in [-0.15, -0.1) is 0 Å². The fraction of sp³-hybridized carbons (Fsp3) is 0.389. The molecule has 0 spiro atoms. The van der Waals surface area contributed by atoms with Crippen LogP contribution in [0.5, 0.6) is 0 Å². The Kier molecular flexibility index (Phi) is 4.80. The fourth-order valence-electron chi connectivity index (χ4n) is 2.30. The van der Waals surface area contributed by atoms with Crippen molar-refractivity contribution in [2.75, 3.05) is 0 Å². The van der Waals surface area contributed by atoms with Crippen LogP contribution in [-0.2, 0) is 6.18 Å². The molecule has 0 saturated heterocycles. The Balaban J connectivity index is 2.16. The highest BCUT2D eigenvalue weighted by Crippen LogP contribution is 2.32. The predicted molar refractivity (Wildman–Crippen MR) is 83.7 cm³/mol. The average molecular weight is 323 g/mol. The maximum absolute atomic E-state index is 12.6. The normalized spacial score (nSPS) is 13.9. The van der Waals surface area contributed by atoms with Crippen LogP contribution in [0.4, 0.5) is 13.2 Å². The third-order valence-electron chi connectivity index (χ3n) is 3.48. The molecule has 2 aromatic rings. The predicted octanol–water partition coefficient (Wildman–Crippen LogP) is 5.24. The lowest BCUT2D eigenvalue weighted by atomic mass is 9.87. The van der Waals surface area contributed by atoms with Gasteiger partial charge in [-0.25, -0.2) is 0 Å². The Labute approximate surface area is 134 Å². The fourth-order valence-corrected chi connectivity index (χ4v) is 2.30. The second-order valence-electron chi connectivity index (χ2n) is 6.83. The number of hydrogen-bond donors (Lipinski definition) is 1. The number of alkyl halides is 3. The summed E-state index contributed by atoms with van der Waals surface area (Å²) in [7, 11) is 0. The van der Waals surface area contributed by atoms with Crippen LogP contribution < -0.4 is 0 Å². The van der Waals surface area contributed by atoms with Crippen LogP contribution >= 0.6 is 0 Å². The molecular weight excluding hydrogens is 303 g/mol. The quantitative estimate of drug-likeness (QED) is 0.838. The van der Waals surface area contributed by atoms with E-state index < -0.39 is 17.8 Å². The van der Waals surface area contributed by atoms with Crippen LogP contribution in [0.1, 0.15) is 44.4 Å². The SMILES string of the molecule is CC(C)(C)C[C@@H](O)c1ccc(-c2ccc(C(F)(F)F)cc2)nc1. The van der Waals surface area contributed by atoms with E-state index in [0.29, 0.717) is 23.2 Å². The highest BCUT2D eigenvalue weighted by Gasteiger charge is 2.30. The topological polar surface area (TPSA) is 33.1 Å². The van der Waals surface area contributed by atoms with Crippen LogP contribution in [0, 0.1) is 5.41 Å². The molecule has 0 unspecified atom stereocenters. The summed E-state index contributed by atoms with van der Waals surface area (Å²) in [5.74, 6) is 0. The average Bonchev–Trinajstić information content (AvgIpc) is 2.45. The molecule has 0 amide bonds. The van der Waals surface area contributed by atoms with Crippen LogP contribution in [0.2, 0.25) is 0 Å². The highest BCUT2D eigenvalue weighted by molar-refractivity contribution is 5.59. The minimum atomic E-state index is -4.34. The summed E-state index contributed by atoms with van der Waals surface area (Å²) in [5, 5.41) is 10.2. The van der Waals surface area contributed by atoms with E-state index in [1.54, 1.807) is 18.3 Å². The number of aliphatic hydroxyl groups is 1. The Morgan fingerprint density at radius 1 is 1.00 bits per heavy atom. The minimum absolute atomic E-state index is 0.00842. The highest BCUT2D eigenvalue weighted by atomic mass is 19.4. The van der Waals surface area contributed by atoms with Gasteiger partial charge in [0.1, 0.15) is 0 Å². The number of pyridine rings is 1. The van der Waals surface area contributed by atoms with Crippen molar-refractivity contribution in [2.24, 2.45) is 5.41 Å². The smallest absolute Gasteiger partial charge is 0.388 e. The van der Waals surface area contributed by atoms with Crippen molar-refractivity contribution < 1.29 is 18.3 Å². The van der Waals surface area contributed by atoms with Crippen LogP contribution in [0.25, 0.3) is 11.3 Å². The van der Waals surface area contributed by atoms with E-state index in [-0.39, 0.29) is 5.41 Å². The van der Waals surface area contributed by atoms with E-state index >= 15 is 0 Å². The lowest BCUT2D eigenvalue weighted by Crippen LogP contribution is -2.11. The first kappa shape index (κ1) is 17.5. The van der Waals surface area contributed by atoms with E-state index in [1.165, 1.54) is 12.1 Å². The molecule has 23 heavy (non-hydrogen) atoms. The van der Waals surface area contributed by atoms with Gasteiger partial charge >= 0.3 is 6.18 Å².